The maximum Gasteiger partial charge on any atom is 0.105 e. The van der Waals surface area contributed by atoms with Crippen LogP contribution in [0.4, 0.5) is 0 Å². The third-order valence-corrected chi connectivity index (χ3v) is 3.23. The summed E-state index contributed by atoms with van der Waals surface area (Å²) in [5.74, 6) is 0. The molecule has 0 saturated heterocycles. The highest BCUT2D eigenvalue weighted by molar-refractivity contribution is 8.00. The van der Waals surface area contributed by atoms with Gasteiger partial charge in [-0.1, -0.05) is 20.8 Å². The molecule has 1 N–H and O–H groups in total. The van der Waals surface area contributed by atoms with Crippen molar-refractivity contribution in [3.05, 3.63) is 0 Å². The highest BCUT2D eigenvalue weighted by Gasteiger charge is 2.27. The first-order chi connectivity index (χ1) is 6.79. The van der Waals surface area contributed by atoms with E-state index in [2.05, 4.69) is 46.0 Å². The van der Waals surface area contributed by atoms with Crippen molar-refractivity contribution in [1.82, 2.24) is 5.32 Å². The summed E-state index contributed by atoms with van der Waals surface area (Å²) in [6.07, 6.45) is 0.893. The summed E-state index contributed by atoms with van der Waals surface area (Å²) in [6.45, 7) is 12.7. The zero-order valence-corrected chi connectivity index (χ0v) is 11.6. The Morgan fingerprint density at radius 2 is 1.80 bits per heavy atom. The average molecular weight is 228 g/mol. The summed E-state index contributed by atoms with van der Waals surface area (Å²) in [4.78, 5) is 0. The first-order valence-corrected chi connectivity index (χ1v) is 6.58. The number of rotatable bonds is 6. The molecule has 88 valence electrons. The fourth-order valence-electron chi connectivity index (χ4n) is 1.86. The summed E-state index contributed by atoms with van der Waals surface area (Å²) < 4.78 is 0. The van der Waals surface area contributed by atoms with Crippen molar-refractivity contribution in [1.29, 1.82) is 5.26 Å². The molecule has 0 amide bonds. The Hall–Kier alpha value is -0.200. The summed E-state index contributed by atoms with van der Waals surface area (Å²) in [5, 5.41) is 13.7. The molecule has 0 aliphatic rings. The Bertz CT molecular complexity index is 220. The van der Waals surface area contributed by atoms with E-state index in [1.807, 2.05) is 18.7 Å². The Kier molecular flexibility index (Phi) is 6.31. The summed E-state index contributed by atoms with van der Waals surface area (Å²) in [5.41, 5.74) is -0.393. The van der Waals surface area contributed by atoms with Crippen LogP contribution in [-0.2, 0) is 0 Å². The molecule has 0 spiro atoms. The number of nitrogens with zero attached hydrogens (tertiary/aromatic N) is 1. The second-order valence-electron chi connectivity index (χ2n) is 4.94. The molecule has 0 radical (unpaired) electrons. The van der Waals surface area contributed by atoms with Crippen molar-refractivity contribution in [2.24, 2.45) is 0 Å². The number of hydrogen-bond donors (Lipinski definition) is 1. The summed E-state index contributed by atoms with van der Waals surface area (Å²) in [6, 6.07) is 2.74. The van der Waals surface area contributed by atoms with E-state index in [-0.39, 0.29) is 0 Å². The van der Waals surface area contributed by atoms with E-state index in [1.165, 1.54) is 0 Å². The van der Waals surface area contributed by atoms with Crippen LogP contribution in [0.3, 0.4) is 0 Å². The molecule has 0 aromatic heterocycles. The molecule has 2 nitrogen and oxygen atoms in total. The monoisotopic (exact) mass is 228 g/mol. The van der Waals surface area contributed by atoms with Crippen molar-refractivity contribution in [2.75, 3.05) is 0 Å². The van der Waals surface area contributed by atoms with Crippen LogP contribution in [0, 0.1) is 11.3 Å². The second-order valence-corrected chi connectivity index (χ2v) is 6.96. The number of nitriles is 1. The average Bonchev–Trinajstić information content (AvgIpc) is 2.00. The van der Waals surface area contributed by atoms with E-state index in [9.17, 15) is 5.26 Å². The third kappa shape index (κ3) is 6.81. The fourth-order valence-corrected chi connectivity index (χ4v) is 3.22. The minimum atomic E-state index is -0.393. The van der Waals surface area contributed by atoms with E-state index < -0.39 is 5.54 Å². The van der Waals surface area contributed by atoms with Gasteiger partial charge in [0.25, 0.3) is 0 Å². The Labute approximate surface area is 98.8 Å². The zero-order chi connectivity index (χ0) is 12.1. The predicted molar refractivity (Wildman–Crippen MR) is 69.1 cm³/mol. The topological polar surface area (TPSA) is 35.8 Å². The molecular weight excluding hydrogens is 204 g/mol. The molecule has 0 aliphatic heterocycles. The van der Waals surface area contributed by atoms with Gasteiger partial charge in [0.05, 0.1) is 6.07 Å². The van der Waals surface area contributed by atoms with E-state index in [0.717, 1.165) is 6.42 Å². The minimum Gasteiger partial charge on any atom is -0.297 e. The summed E-state index contributed by atoms with van der Waals surface area (Å²) in [7, 11) is 0. The normalized spacial score (nSPS) is 17.5. The Morgan fingerprint density at radius 1 is 1.27 bits per heavy atom. The molecule has 0 aromatic rings. The van der Waals surface area contributed by atoms with E-state index in [0.29, 0.717) is 16.5 Å². The van der Waals surface area contributed by atoms with Crippen LogP contribution in [0.15, 0.2) is 0 Å². The standard InChI is InChI=1S/C12H24N2S/c1-9(2)14-12(6,8-13)7-11(5)15-10(3)4/h9-11,14H,7H2,1-6H3. The molecule has 0 saturated carbocycles. The van der Waals surface area contributed by atoms with Gasteiger partial charge in [0.15, 0.2) is 0 Å². The van der Waals surface area contributed by atoms with Gasteiger partial charge < -0.3 is 0 Å². The maximum absolute atomic E-state index is 9.20. The van der Waals surface area contributed by atoms with Crippen molar-refractivity contribution in [3.63, 3.8) is 0 Å². The van der Waals surface area contributed by atoms with Crippen LogP contribution in [0.1, 0.15) is 48.0 Å². The largest absolute Gasteiger partial charge is 0.297 e. The molecule has 15 heavy (non-hydrogen) atoms. The molecule has 0 rings (SSSR count). The first kappa shape index (κ1) is 14.8. The van der Waals surface area contributed by atoms with Crippen molar-refractivity contribution < 1.29 is 0 Å². The lowest BCUT2D eigenvalue weighted by Gasteiger charge is -2.29. The van der Waals surface area contributed by atoms with Crippen LogP contribution in [0.25, 0.3) is 0 Å². The predicted octanol–water partition coefficient (Wildman–Crippen LogP) is 3.19. The quantitative estimate of drug-likeness (QED) is 0.758. The van der Waals surface area contributed by atoms with Crippen molar-refractivity contribution in [2.45, 2.75) is 70.0 Å². The van der Waals surface area contributed by atoms with Gasteiger partial charge in [-0.2, -0.15) is 17.0 Å². The third-order valence-electron chi connectivity index (χ3n) is 2.05. The maximum atomic E-state index is 9.20. The summed E-state index contributed by atoms with van der Waals surface area (Å²) >= 11 is 1.93. The highest BCUT2D eigenvalue weighted by atomic mass is 32.2. The van der Waals surface area contributed by atoms with Crippen LogP contribution in [0.5, 0.6) is 0 Å². The fraction of sp³-hybridized carbons (Fsp3) is 0.917. The SMILES string of the molecule is CC(C)NC(C)(C#N)CC(C)SC(C)C. The van der Waals surface area contributed by atoms with Crippen LogP contribution < -0.4 is 5.32 Å². The number of hydrogen-bond acceptors (Lipinski definition) is 3. The Morgan fingerprint density at radius 3 is 2.13 bits per heavy atom. The molecule has 0 heterocycles. The van der Waals surface area contributed by atoms with Crippen LogP contribution in [0.2, 0.25) is 0 Å². The molecular formula is C12H24N2S. The van der Waals surface area contributed by atoms with E-state index in [1.54, 1.807) is 0 Å². The molecule has 0 fully saturated rings. The molecule has 0 aromatic carbocycles. The van der Waals surface area contributed by atoms with Gasteiger partial charge in [-0.05, 0) is 32.4 Å². The molecule has 2 atom stereocenters. The van der Waals surface area contributed by atoms with Gasteiger partial charge >= 0.3 is 0 Å². The van der Waals surface area contributed by atoms with Gasteiger partial charge in [0.1, 0.15) is 5.54 Å². The Balaban J connectivity index is 4.25. The lowest BCUT2D eigenvalue weighted by molar-refractivity contribution is 0.382. The molecule has 0 aliphatic carbocycles. The van der Waals surface area contributed by atoms with Gasteiger partial charge in [-0.3, -0.25) is 5.32 Å². The first-order valence-electron chi connectivity index (χ1n) is 5.63. The second kappa shape index (κ2) is 6.40. The van der Waals surface area contributed by atoms with Crippen LogP contribution >= 0.6 is 11.8 Å². The van der Waals surface area contributed by atoms with E-state index >= 15 is 0 Å². The van der Waals surface area contributed by atoms with E-state index in [4.69, 9.17) is 0 Å². The van der Waals surface area contributed by atoms with Gasteiger partial charge in [0, 0.05) is 11.3 Å². The lowest BCUT2D eigenvalue weighted by atomic mass is 9.97. The van der Waals surface area contributed by atoms with Crippen molar-refractivity contribution >= 4 is 11.8 Å². The van der Waals surface area contributed by atoms with Gasteiger partial charge in [0.2, 0.25) is 0 Å². The zero-order valence-electron chi connectivity index (χ0n) is 10.8. The number of nitrogens with one attached hydrogen (secondary N) is 1. The van der Waals surface area contributed by atoms with Gasteiger partial charge in [-0.25, -0.2) is 0 Å². The van der Waals surface area contributed by atoms with Gasteiger partial charge in [-0.15, -0.1) is 0 Å². The molecule has 3 heteroatoms. The minimum absolute atomic E-state index is 0.353. The molecule has 0 bridgehead atoms. The smallest absolute Gasteiger partial charge is 0.105 e. The molecule has 2 unspecified atom stereocenters. The van der Waals surface area contributed by atoms with Crippen LogP contribution in [-0.4, -0.2) is 22.1 Å². The highest BCUT2D eigenvalue weighted by Crippen LogP contribution is 2.25. The number of thioether (sulfide) groups is 1. The van der Waals surface area contributed by atoms with Crippen molar-refractivity contribution in [3.8, 4) is 6.07 Å². The lowest BCUT2D eigenvalue weighted by Crippen LogP contribution is -2.46.